The molecular formula is C62H57Cl2N9O13S2. The van der Waals surface area contributed by atoms with Crippen molar-refractivity contribution >= 4 is 95.2 Å². The fourth-order valence-electron chi connectivity index (χ4n) is 8.66. The summed E-state index contributed by atoms with van der Waals surface area (Å²) in [6, 6.07) is 35.9. The van der Waals surface area contributed by atoms with E-state index in [1.807, 2.05) is 37.3 Å². The van der Waals surface area contributed by atoms with Crippen LogP contribution in [0.25, 0.3) is 11.4 Å². The average Bonchev–Trinajstić information content (AvgIpc) is 4.06. The quantitative estimate of drug-likeness (QED) is 0.0235. The van der Waals surface area contributed by atoms with E-state index in [1.54, 1.807) is 80.8 Å². The van der Waals surface area contributed by atoms with Crippen molar-refractivity contribution in [2.45, 2.75) is 67.8 Å². The molecule has 6 aromatic carbocycles. The summed E-state index contributed by atoms with van der Waals surface area (Å²) in [5.74, 6) is -4.04. The van der Waals surface area contributed by atoms with Crippen LogP contribution in [0.3, 0.4) is 0 Å². The third kappa shape index (κ3) is 15.4. The number of hydrogen-bond donors (Lipinski definition) is 6. The van der Waals surface area contributed by atoms with Crippen LogP contribution in [0.4, 0.5) is 22.7 Å². The Morgan fingerprint density at radius 3 is 1.84 bits per heavy atom. The molecule has 2 unspecified atom stereocenters. The predicted molar refractivity (Wildman–Crippen MR) is 332 cm³/mol. The second kappa shape index (κ2) is 28.1. The second-order valence-corrected chi connectivity index (χ2v) is 24.6. The van der Waals surface area contributed by atoms with Gasteiger partial charge in [0.25, 0.3) is 11.8 Å². The Labute approximate surface area is 516 Å². The fraction of sp³-hybridized carbons (Fsp3) is 0.161. The van der Waals surface area contributed by atoms with Gasteiger partial charge in [0.1, 0.15) is 44.9 Å². The highest BCUT2D eigenvalue weighted by Crippen LogP contribution is 2.40. The van der Waals surface area contributed by atoms with E-state index in [-0.39, 0.29) is 85.4 Å². The number of carbonyl (C=O) groups excluding carboxylic acids is 5. The molecule has 0 aliphatic heterocycles. The number of aromatic hydroxyl groups is 2. The van der Waals surface area contributed by atoms with E-state index >= 15 is 0 Å². The van der Waals surface area contributed by atoms with Crippen molar-refractivity contribution in [1.82, 2.24) is 24.3 Å². The van der Waals surface area contributed by atoms with Crippen LogP contribution in [-0.2, 0) is 34.0 Å². The van der Waals surface area contributed by atoms with Gasteiger partial charge in [0.05, 0.1) is 62.2 Å². The number of pyridine rings is 1. The summed E-state index contributed by atoms with van der Waals surface area (Å²) in [6.07, 6.45) is 6.81. The van der Waals surface area contributed by atoms with Gasteiger partial charge in [0.2, 0.25) is 11.8 Å². The molecule has 0 aliphatic carbocycles. The van der Waals surface area contributed by atoms with Crippen LogP contribution in [0.2, 0.25) is 10.2 Å². The number of ether oxygens (including phenoxy) is 2. The molecular weight excluding hydrogens is 1210 g/mol. The number of nitrogens with zero attached hydrogens (tertiary/aromatic N) is 5. The Kier molecular flexibility index (Phi) is 20.5. The minimum absolute atomic E-state index is 0.00732. The van der Waals surface area contributed by atoms with Crippen LogP contribution in [0.15, 0.2) is 180 Å². The average molecular weight is 1270 g/mol. The molecule has 0 spiro atoms. The van der Waals surface area contributed by atoms with Gasteiger partial charge >= 0.3 is 5.97 Å². The van der Waals surface area contributed by atoms with Gasteiger partial charge in [-0.15, -0.1) is 0 Å². The Morgan fingerprint density at radius 1 is 0.591 bits per heavy atom. The Hall–Kier alpha value is -9.88. The molecule has 3 heterocycles. The van der Waals surface area contributed by atoms with Crippen molar-refractivity contribution in [2.24, 2.45) is 0 Å². The Morgan fingerprint density at radius 2 is 1.22 bits per heavy atom. The molecule has 0 aliphatic rings. The van der Waals surface area contributed by atoms with Gasteiger partial charge in [-0.3, -0.25) is 19.2 Å². The number of para-hydroxylation sites is 1. The van der Waals surface area contributed by atoms with Crippen molar-refractivity contribution in [1.29, 1.82) is 0 Å². The van der Waals surface area contributed by atoms with Gasteiger partial charge in [-0.1, -0.05) is 85.1 Å². The van der Waals surface area contributed by atoms with E-state index in [9.17, 15) is 51.0 Å². The number of aromatic nitrogens is 5. The number of carbonyl (C=O) groups is 5. The number of hydrogen-bond acceptors (Lipinski definition) is 16. The molecule has 9 aromatic rings. The number of phenols is 2. The first-order valence-corrected chi connectivity index (χ1v) is 30.8. The smallest absolute Gasteiger partial charge is 0.341 e. The molecule has 0 radical (unpaired) electrons. The standard InChI is InChI=1S/C33H32N6O7S.C29H25Cl2N3O6S/c1-4-30(47(44,45)24-13-11-21(3)12-14-24)32(42)36-25-16-29(40)26(15-28(25)39-18-22(17-35-39)33(43)46-5-2)37-31(41)27-19-38(20-34-27)23-9-7-6-8-10-23;1-3-26(41(38,39)21-6-4-5-17(2)13-21)29(37)34-23-14-24(35)22(33-28(36)18-7-12-27(31)32-16-18)15-25(23)40-20-10-8-19(30)9-11-20/h6-20,30,40H,4-5H2,1-3H3,(H,36,42)(H,37,41);4-16,26,35H,3H2,1-2H3,(H,33,36)(H,34,37). The lowest BCUT2D eigenvalue weighted by molar-refractivity contribution is -0.116. The summed E-state index contributed by atoms with van der Waals surface area (Å²) >= 11 is 11.8. The summed E-state index contributed by atoms with van der Waals surface area (Å²) in [4.78, 5) is 73.2. The molecule has 0 saturated carbocycles. The van der Waals surface area contributed by atoms with E-state index < -0.39 is 71.3 Å². The molecule has 22 nitrogen and oxygen atoms in total. The van der Waals surface area contributed by atoms with Crippen molar-refractivity contribution in [3.05, 3.63) is 209 Å². The SMILES string of the molecule is CCC(C(=O)Nc1cc(O)c(NC(=O)c2ccc(Cl)nc2)cc1Oc1ccc(Cl)cc1)S(=O)(=O)c1cccc(C)c1.CCOC(=O)c1cnn(-c2cc(NC(=O)c3cn(-c4ccccc4)cn3)c(O)cc2NC(=O)C(CC)S(=O)(=O)c2ccc(C)cc2)c1. The lowest BCUT2D eigenvalue weighted by Crippen LogP contribution is -2.35. The number of sulfone groups is 2. The largest absolute Gasteiger partial charge is 0.506 e. The van der Waals surface area contributed by atoms with Gasteiger partial charge in [-0.2, -0.15) is 5.10 Å². The lowest BCUT2D eigenvalue weighted by atomic mass is 10.2. The number of halogens is 2. The van der Waals surface area contributed by atoms with Crippen LogP contribution in [0.5, 0.6) is 23.0 Å². The molecule has 4 amide bonds. The molecule has 88 heavy (non-hydrogen) atoms. The van der Waals surface area contributed by atoms with E-state index in [0.29, 0.717) is 10.8 Å². The minimum atomic E-state index is -4.09. The van der Waals surface area contributed by atoms with Crippen molar-refractivity contribution in [2.75, 3.05) is 27.9 Å². The summed E-state index contributed by atoms with van der Waals surface area (Å²) in [6.45, 7) is 8.53. The third-order valence-electron chi connectivity index (χ3n) is 13.2. The van der Waals surface area contributed by atoms with E-state index in [1.165, 1.54) is 84.3 Å². The van der Waals surface area contributed by atoms with Crippen molar-refractivity contribution < 1.29 is 60.5 Å². The Bertz CT molecular complexity index is 4280. The number of anilines is 4. The lowest BCUT2D eigenvalue weighted by Gasteiger charge is -2.19. The van der Waals surface area contributed by atoms with Crippen molar-refractivity contribution in [3.63, 3.8) is 0 Å². The number of aryl methyl sites for hydroxylation is 2. The third-order valence-corrected chi connectivity index (χ3v) is 18.1. The highest BCUT2D eigenvalue weighted by Gasteiger charge is 2.35. The first kappa shape index (κ1) is 64.1. The number of nitrogens with one attached hydrogen (secondary N) is 4. The first-order chi connectivity index (χ1) is 42.0. The summed E-state index contributed by atoms with van der Waals surface area (Å²) < 4.78 is 67.4. The predicted octanol–water partition coefficient (Wildman–Crippen LogP) is 11.3. The van der Waals surface area contributed by atoms with Crippen LogP contribution in [0, 0.1) is 13.8 Å². The first-order valence-electron chi connectivity index (χ1n) is 27.0. The molecule has 0 bridgehead atoms. The molecule has 9 rings (SSSR count). The van der Waals surface area contributed by atoms with Crippen LogP contribution in [0.1, 0.15) is 75.9 Å². The topological polar surface area (TPSA) is 309 Å². The summed E-state index contributed by atoms with van der Waals surface area (Å²) in [5.41, 5.74) is 2.67. The monoisotopic (exact) mass is 1270 g/mol. The van der Waals surface area contributed by atoms with Gasteiger partial charge in [0.15, 0.2) is 25.4 Å². The maximum absolute atomic E-state index is 13.5. The number of rotatable bonds is 20. The normalized spacial score (nSPS) is 11.9. The zero-order valence-electron chi connectivity index (χ0n) is 47.6. The van der Waals surface area contributed by atoms with Gasteiger partial charge in [-0.05, 0) is 118 Å². The zero-order valence-corrected chi connectivity index (χ0v) is 50.8. The molecule has 0 saturated heterocycles. The van der Waals surface area contributed by atoms with Crippen molar-refractivity contribution in [3.8, 4) is 34.4 Å². The van der Waals surface area contributed by atoms with Gasteiger partial charge in [0, 0.05) is 47.5 Å². The summed E-state index contributed by atoms with van der Waals surface area (Å²) in [5, 5.41) is 34.0. The van der Waals surface area contributed by atoms with E-state index in [4.69, 9.17) is 32.7 Å². The summed E-state index contributed by atoms with van der Waals surface area (Å²) in [7, 11) is -8.12. The molecule has 6 N–H and O–H groups in total. The maximum atomic E-state index is 13.5. The number of phenolic OH excluding ortho intramolecular Hbond substituents is 2. The second-order valence-electron chi connectivity index (χ2n) is 19.5. The number of benzene rings is 6. The molecule has 2 atom stereocenters. The minimum Gasteiger partial charge on any atom is -0.506 e. The van der Waals surface area contributed by atoms with Crippen LogP contribution >= 0.6 is 23.2 Å². The molecule has 26 heteroatoms. The molecule has 3 aromatic heterocycles. The number of amides is 4. The highest BCUT2D eigenvalue weighted by molar-refractivity contribution is 7.93. The number of esters is 1. The zero-order chi connectivity index (χ0) is 63.5. The fourth-order valence-corrected chi connectivity index (χ4v) is 12.2. The van der Waals surface area contributed by atoms with E-state index in [2.05, 4.69) is 36.3 Å². The Balaban J connectivity index is 0.000000230. The maximum Gasteiger partial charge on any atom is 0.341 e. The van der Waals surface area contributed by atoms with Crippen LogP contribution in [-0.4, -0.2) is 98.1 Å². The highest BCUT2D eigenvalue weighted by atomic mass is 35.5. The number of imidazole rings is 1. The molecule has 0 fully saturated rings. The van der Waals surface area contributed by atoms with Crippen LogP contribution < -0.4 is 26.0 Å². The molecule has 454 valence electrons. The van der Waals surface area contributed by atoms with E-state index in [0.717, 1.165) is 28.9 Å². The van der Waals surface area contributed by atoms with Gasteiger partial charge < -0.3 is 45.5 Å². The van der Waals surface area contributed by atoms with Gasteiger partial charge in [-0.25, -0.2) is 36.3 Å².